The molecule has 3 aromatic rings. The number of nitroso groups, excluding NO2 is 1. The van der Waals surface area contributed by atoms with E-state index in [2.05, 4.69) is 20.1 Å². The Balaban J connectivity index is 2.28. The molecule has 0 spiro atoms. The van der Waals surface area contributed by atoms with Gasteiger partial charge >= 0.3 is 0 Å². The average Bonchev–Trinajstić information content (AvgIpc) is 2.86. The van der Waals surface area contributed by atoms with Crippen molar-refractivity contribution in [1.29, 1.82) is 0 Å². The highest BCUT2D eigenvalue weighted by Crippen LogP contribution is 2.29. The van der Waals surface area contributed by atoms with Gasteiger partial charge in [-0.3, -0.25) is 4.98 Å². The summed E-state index contributed by atoms with van der Waals surface area (Å²) >= 11 is 1.45. The van der Waals surface area contributed by atoms with E-state index in [0.29, 0.717) is 16.9 Å². The second-order valence-electron chi connectivity index (χ2n) is 3.32. The number of thiophene rings is 1. The van der Waals surface area contributed by atoms with Crippen LogP contribution in [0.2, 0.25) is 0 Å². The fourth-order valence-corrected chi connectivity index (χ4v) is 2.28. The van der Waals surface area contributed by atoms with E-state index in [1.165, 1.54) is 11.3 Å². The van der Waals surface area contributed by atoms with Crippen LogP contribution in [-0.2, 0) is 0 Å². The summed E-state index contributed by atoms with van der Waals surface area (Å²) in [5.41, 5.74) is 0.632. The largest absolute Gasteiger partial charge is 0.253 e. The molecule has 3 rings (SSSR count). The lowest BCUT2D eigenvalue weighted by Gasteiger charge is -1.99. The lowest BCUT2D eigenvalue weighted by atomic mass is 10.3. The zero-order valence-corrected chi connectivity index (χ0v) is 9.39. The van der Waals surface area contributed by atoms with Crippen LogP contribution in [0.25, 0.3) is 21.7 Å². The van der Waals surface area contributed by atoms with Crippen LogP contribution in [0.1, 0.15) is 0 Å². The highest BCUT2D eigenvalue weighted by Gasteiger charge is 2.11. The summed E-state index contributed by atoms with van der Waals surface area (Å²) in [6.45, 7) is 0. The van der Waals surface area contributed by atoms with Gasteiger partial charge in [-0.05, 0) is 28.8 Å². The predicted molar refractivity (Wildman–Crippen MR) is 66.1 cm³/mol. The number of hydrogen-bond donors (Lipinski definition) is 0. The van der Waals surface area contributed by atoms with Gasteiger partial charge in [0, 0.05) is 6.20 Å². The minimum Gasteiger partial charge on any atom is -0.253 e. The molecule has 0 saturated heterocycles. The van der Waals surface area contributed by atoms with Gasteiger partial charge in [-0.25, -0.2) is 9.97 Å². The van der Waals surface area contributed by atoms with E-state index in [9.17, 15) is 4.91 Å². The molecule has 0 atom stereocenters. The van der Waals surface area contributed by atoms with Crippen LogP contribution in [0.4, 0.5) is 5.82 Å². The maximum Gasteiger partial charge on any atom is 0.208 e. The van der Waals surface area contributed by atoms with Gasteiger partial charge in [-0.1, -0.05) is 6.07 Å². The first-order valence-corrected chi connectivity index (χ1v) is 5.76. The predicted octanol–water partition coefficient (Wildman–Crippen LogP) is 3.15. The molecule has 17 heavy (non-hydrogen) atoms. The van der Waals surface area contributed by atoms with Crippen LogP contribution in [0.15, 0.2) is 41.0 Å². The van der Waals surface area contributed by atoms with Gasteiger partial charge < -0.3 is 0 Å². The van der Waals surface area contributed by atoms with Gasteiger partial charge in [0.25, 0.3) is 0 Å². The number of hydrogen-bond acceptors (Lipinski definition) is 6. The Bertz CT molecular complexity index is 680. The van der Waals surface area contributed by atoms with E-state index in [0.717, 1.165) is 4.83 Å². The summed E-state index contributed by atoms with van der Waals surface area (Å²) < 4.78 is 0. The molecule has 0 aliphatic heterocycles. The molecule has 0 amide bonds. The fourth-order valence-electron chi connectivity index (χ4n) is 1.52. The first kappa shape index (κ1) is 9.98. The molecule has 0 aromatic carbocycles. The van der Waals surface area contributed by atoms with Gasteiger partial charge in [-0.15, -0.1) is 16.2 Å². The minimum atomic E-state index is 0.164. The maximum atomic E-state index is 10.7. The number of nitrogens with zero attached hydrogens (tertiary/aromatic N) is 4. The average molecular weight is 242 g/mol. The summed E-state index contributed by atoms with van der Waals surface area (Å²) in [6, 6.07) is 7.24. The second-order valence-corrected chi connectivity index (χ2v) is 4.21. The molecule has 0 radical (unpaired) electrons. The van der Waals surface area contributed by atoms with Crippen LogP contribution in [0, 0.1) is 4.91 Å². The van der Waals surface area contributed by atoms with Crippen molar-refractivity contribution in [2.24, 2.45) is 5.18 Å². The van der Waals surface area contributed by atoms with E-state index in [1.54, 1.807) is 18.3 Å². The third-order valence-electron chi connectivity index (χ3n) is 2.29. The minimum absolute atomic E-state index is 0.164. The third-order valence-corrected chi connectivity index (χ3v) is 3.09. The Morgan fingerprint density at radius 3 is 2.88 bits per heavy atom. The summed E-state index contributed by atoms with van der Waals surface area (Å²) in [4.78, 5) is 24.1. The van der Waals surface area contributed by atoms with Gasteiger partial charge in [0.15, 0.2) is 5.82 Å². The highest BCUT2D eigenvalue weighted by molar-refractivity contribution is 7.16. The molecule has 0 bridgehead atoms. The fraction of sp³-hybridized carbons (Fsp3) is 0. The number of fused-ring (bicyclic) bond motifs is 1. The number of pyridine rings is 1. The SMILES string of the molecule is O=Nc1nc(-c2ccccn2)nc2sccc12. The summed E-state index contributed by atoms with van der Waals surface area (Å²) in [5.74, 6) is 0.590. The van der Waals surface area contributed by atoms with Gasteiger partial charge in [-0.2, -0.15) is 0 Å². The molecular weight excluding hydrogens is 236 g/mol. The molecule has 82 valence electrons. The van der Waals surface area contributed by atoms with Crippen molar-refractivity contribution in [2.45, 2.75) is 0 Å². The van der Waals surface area contributed by atoms with Crippen molar-refractivity contribution in [2.75, 3.05) is 0 Å². The van der Waals surface area contributed by atoms with E-state index in [4.69, 9.17) is 0 Å². The Morgan fingerprint density at radius 2 is 2.12 bits per heavy atom. The Hall–Kier alpha value is -2.21. The standard InChI is InChI=1S/C11H6N4OS/c16-15-9-7-4-6-17-11(7)14-10(13-9)8-3-1-2-5-12-8/h1-6H. The first-order valence-electron chi connectivity index (χ1n) is 4.88. The monoisotopic (exact) mass is 242 g/mol. The summed E-state index contributed by atoms with van der Waals surface area (Å²) in [5, 5.41) is 5.48. The molecule has 6 heteroatoms. The zero-order chi connectivity index (χ0) is 11.7. The molecule has 0 N–H and O–H groups in total. The second kappa shape index (κ2) is 3.99. The van der Waals surface area contributed by atoms with Crippen molar-refractivity contribution in [1.82, 2.24) is 15.0 Å². The maximum absolute atomic E-state index is 10.7. The molecule has 0 aliphatic carbocycles. The molecule has 0 fully saturated rings. The van der Waals surface area contributed by atoms with Crippen molar-refractivity contribution in [3.8, 4) is 11.5 Å². The molecule has 0 aliphatic rings. The van der Waals surface area contributed by atoms with Gasteiger partial charge in [0.05, 0.1) is 5.39 Å². The van der Waals surface area contributed by atoms with Crippen LogP contribution in [-0.4, -0.2) is 15.0 Å². The molecular formula is C11H6N4OS. The Morgan fingerprint density at radius 1 is 1.18 bits per heavy atom. The quantitative estimate of drug-likeness (QED) is 0.647. The van der Waals surface area contributed by atoms with E-state index in [1.807, 2.05) is 17.5 Å². The smallest absolute Gasteiger partial charge is 0.208 e. The highest BCUT2D eigenvalue weighted by atomic mass is 32.1. The number of aromatic nitrogens is 3. The summed E-state index contributed by atoms with van der Waals surface area (Å²) in [7, 11) is 0. The van der Waals surface area contributed by atoms with Crippen LogP contribution < -0.4 is 0 Å². The van der Waals surface area contributed by atoms with Crippen LogP contribution in [0.3, 0.4) is 0 Å². The van der Waals surface area contributed by atoms with E-state index in [-0.39, 0.29) is 5.82 Å². The molecule has 3 aromatic heterocycles. The van der Waals surface area contributed by atoms with Crippen LogP contribution in [0.5, 0.6) is 0 Å². The lowest BCUT2D eigenvalue weighted by Crippen LogP contribution is -1.90. The Kier molecular flexibility index (Phi) is 2.34. The van der Waals surface area contributed by atoms with Crippen molar-refractivity contribution in [3.05, 3.63) is 40.7 Å². The molecule has 5 nitrogen and oxygen atoms in total. The van der Waals surface area contributed by atoms with Crippen LogP contribution >= 0.6 is 11.3 Å². The number of rotatable bonds is 2. The molecule has 0 saturated carbocycles. The molecule has 3 heterocycles. The van der Waals surface area contributed by atoms with E-state index < -0.39 is 0 Å². The molecule has 0 unspecified atom stereocenters. The summed E-state index contributed by atoms with van der Waals surface area (Å²) in [6.07, 6.45) is 1.66. The van der Waals surface area contributed by atoms with Crippen molar-refractivity contribution < 1.29 is 0 Å². The topological polar surface area (TPSA) is 68.1 Å². The van der Waals surface area contributed by atoms with Gasteiger partial charge in [0.2, 0.25) is 5.82 Å². The van der Waals surface area contributed by atoms with Gasteiger partial charge in [0.1, 0.15) is 10.5 Å². The first-order chi connectivity index (χ1) is 8.38. The van der Waals surface area contributed by atoms with Crippen molar-refractivity contribution in [3.63, 3.8) is 0 Å². The van der Waals surface area contributed by atoms with Crippen molar-refractivity contribution >= 4 is 27.4 Å². The van der Waals surface area contributed by atoms with E-state index >= 15 is 0 Å². The normalized spacial score (nSPS) is 10.6. The zero-order valence-electron chi connectivity index (χ0n) is 8.57. The Labute approximate surface area is 100 Å². The lowest BCUT2D eigenvalue weighted by molar-refractivity contribution is 1.17. The third kappa shape index (κ3) is 1.68.